The Hall–Kier alpha value is -2.84. The van der Waals surface area contributed by atoms with Crippen LogP contribution < -0.4 is 10.9 Å². The molecular weight excluding hydrogens is 404 g/mol. The predicted molar refractivity (Wildman–Crippen MR) is 119 cm³/mol. The SMILES string of the molecule is Cc1ccc(-c2csc(NC(=O)CCn3cnc4sc(C)c(C)c4c3=O)n2)cc1. The molecule has 0 aliphatic rings. The fraction of sp³-hybridized carbons (Fsp3) is 0.238. The molecule has 3 heterocycles. The summed E-state index contributed by atoms with van der Waals surface area (Å²) in [5.41, 5.74) is 3.90. The van der Waals surface area contributed by atoms with E-state index < -0.39 is 0 Å². The highest BCUT2D eigenvalue weighted by atomic mass is 32.1. The number of hydrogen-bond acceptors (Lipinski definition) is 6. The third-order valence-electron chi connectivity index (χ3n) is 4.83. The van der Waals surface area contributed by atoms with Gasteiger partial charge in [0.2, 0.25) is 5.91 Å². The van der Waals surface area contributed by atoms with Crippen LogP contribution in [0.1, 0.15) is 22.4 Å². The van der Waals surface area contributed by atoms with Gasteiger partial charge in [-0.1, -0.05) is 29.8 Å². The Labute approximate surface area is 175 Å². The number of nitrogens with one attached hydrogen (secondary N) is 1. The first-order valence-electron chi connectivity index (χ1n) is 9.20. The molecule has 0 fully saturated rings. The van der Waals surface area contributed by atoms with Crippen LogP contribution in [0.2, 0.25) is 0 Å². The number of rotatable bonds is 5. The van der Waals surface area contributed by atoms with Crippen LogP contribution in [-0.2, 0) is 11.3 Å². The lowest BCUT2D eigenvalue weighted by atomic mass is 10.1. The molecule has 0 bridgehead atoms. The fourth-order valence-corrected chi connectivity index (χ4v) is 4.74. The van der Waals surface area contributed by atoms with Crippen LogP contribution in [0.5, 0.6) is 0 Å². The molecule has 0 aliphatic heterocycles. The number of aromatic nitrogens is 3. The number of hydrogen-bond donors (Lipinski definition) is 1. The van der Waals surface area contributed by atoms with E-state index in [1.807, 2.05) is 50.4 Å². The second-order valence-electron chi connectivity index (χ2n) is 6.91. The summed E-state index contributed by atoms with van der Waals surface area (Å²) in [5.74, 6) is -0.181. The number of aryl methyl sites for hydroxylation is 4. The lowest BCUT2D eigenvalue weighted by Gasteiger charge is -2.05. The molecule has 0 atom stereocenters. The van der Waals surface area contributed by atoms with E-state index in [1.165, 1.54) is 39.1 Å². The monoisotopic (exact) mass is 424 g/mol. The van der Waals surface area contributed by atoms with E-state index in [0.717, 1.165) is 26.5 Å². The Morgan fingerprint density at radius 3 is 2.69 bits per heavy atom. The standard InChI is InChI=1S/C21H20N4O2S2/c1-12-4-6-15(7-5-12)16-10-28-21(23-16)24-17(26)8-9-25-11-22-19-18(20(25)27)13(2)14(3)29-19/h4-7,10-11H,8-9H2,1-3H3,(H,23,24,26). The van der Waals surface area contributed by atoms with Crippen molar-refractivity contribution in [3.63, 3.8) is 0 Å². The summed E-state index contributed by atoms with van der Waals surface area (Å²) in [6, 6.07) is 8.10. The fourth-order valence-electron chi connectivity index (χ4n) is 3.02. The third kappa shape index (κ3) is 3.99. The van der Waals surface area contributed by atoms with Crippen molar-refractivity contribution in [1.82, 2.24) is 14.5 Å². The Morgan fingerprint density at radius 2 is 1.93 bits per heavy atom. The maximum Gasteiger partial charge on any atom is 0.262 e. The average Bonchev–Trinajstić information content (AvgIpc) is 3.27. The number of benzene rings is 1. The molecule has 4 aromatic rings. The Balaban J connectivity index is 1.43. The molecule has 4 rings (SSSR count). The smallest absolute Gasteiger partial charge is 0.262 e. The Kier molecular flexibility index (Phi) is 5.29. The van der Waals surface area contributed by atoms with E-state index in [1.54, 1.807) is 0 Å². The molecule has 0 saturated carbocycles. The molecule has 1 amide bonds. The van der Waals surface area contributed by atoms with Crippen LogP contribution in [0.3, 0.4) is 0 Å². The Morgan fingerprint density at radius 1 is 1.17 bits per heavy atom. The van der Waals surface area contributed by atoms with E-state index >= 15 is 0 Å². The molecule has 29 heavy (non-hydrogen) atoms. The van der Waals surface area contributed by atoms with Crippen LogP contribution >= 0.6 is 22.7 Å². The lowest BCUT2D eigenvalue weighted by molar-refractivity contribution is -0.116. The van der Waals surface area contributed by atoms with Gasteiger partial charge in [-0.25, -0.2) is 9.97 Å². The minimum Gasteiger partial charge on any atom is -0.302 e. The molecule has 1 N–H and O–H groups in total. The van der Waals surface area contributed by atoms with Crippen molar-refractivity contribution < 1.29 is 4.79 Å². The molecule has 8 heteroatoms. The molecule has 0 unspecified atom stereocenters. The summed E-state index contributed by atoms with van der Waals surface area (Å²) >= 11 is 2.90. The predicted octanol–water partition coefficient (Wildman–Crippen LogP) is 4.54. The highest BCUT2D eigenvalue weighted by Gasteiger charge is 2.13. The summed E-state index contributed by atoms with van der Waals surface area (Å²) in [4.78, 5) is 35.7. The molecule has 1 aromatic carbocycles. The van der Waals surface area contributed by atoms with Crippen LogP contribution in [0.15, 0.2) is 40.8 Å². The maximum atomic E-state index is 12.7. The molecular formula is C21H20N4O2S2. The first kappa shape index (κ1) is 19.5. The number of fused-ring (bicyclic) bond motifs is 1. The highest BCUT2D eigenvalue weighted by molar-refractivity contribution is 7.18. The highest BCUT2D eigenvalue weighted by Crippen LogP contribution is 2.26. The third-order valence-corrected chi connectivity index (χ3v) is 6.71. The molecule has 6 nitrogen and oxygen atoms in total. The molecule has 0 radical (unpaired) electrons. The van der Waals surface area contributed by atoms with Gasteiger partial charge < -0.3 is 5.32 Å². The zero-order chi connectivity index (χ0) is 20.5. The van der Waals surface area contributed by atoms with Gasteiger partial charge in [-0.2, -0.15) is 0 Å². The van der Waals surface area contributed by atoms with E-state index in [2.05, 4.69) is 15.3 Å². The van der Waals surface area contributed by atoms with Crippen LogP contribution in [0, 0.1) is 20.8 Å². The van der Waals surface area contributed by atoms with Gasteiger partial charge in [-0.3, -0.25) is 14.2 Å². The van der Waals surface area contributed by atoms with Crippen molar-refractivity contribution in [2.24, 2.45) is 0 Å². The molecule has 0 spiro atoms. The van der Waals surface area contributed by atoms with Gasteiger partial charge in [-0.15, -0.1) is 22.7 Å². The topological polar surface area (TPSA) is 76.9 Å². The quantitative estimate of drug-likeness (QED) is 0.510. The summed E-state index contributed by atoms with van der Waals surface area (Å²) < 4.78 is 1.50. The molecule has 3 aromatic heterocycles. The van der Waals surface area contributed by atoms with Crippen molar-refractivity contribution in [2.45, 2.75) is 33.7 Å². The van der Waals surface area contributed by atoms with Crippen molar-refractivity contribution in [3.8, 4) is 11.3 Å². The van der Waals surface area contributed by atoms with Crippen LogP contribution in [0.25, 0.3) is 21.5 Å². The van der Waals surface area contributed by atoms with Gasteiger partial charge in [0.05, 0.1) is 17.4 Å². The van der Waals surface area contributed by atoms with E-state index in [9.17, 15) is 9.59 Å². The van der Waals surface area contributed by atoms with Gasteiger partial charge >= 0.3 is 0 Å². The lowest BCUT2D eigenvalue weighted by Crippen LogP contribution is -2.23. The van der Waals surface area contributed by atoms with Gasteiger partial charge in [0, 0.05) is 28.8 Å². The van der Waals surface area contributed by atoms with Crippen LogP contribution in [0.4, 0.5) is 5.13 Å². The number of anilines is 1. The van der Waals surface area contributed by atoms with E-state index in [4.69, 9.17) is 0 Å². The molecule has 148 valence electrons. The summed E-state index contributed by atoms with van der Waals surface area (Å²) in [5, 5.41) is 5.94. The van der Waals surface area contributed by atoms with E-state index in [-0.39, 0.29) is 24.4 Å². The maximum absolute atomic E-state index is 12.7. The first-order valence-corrected chi connectivity index (χ1v) is 10.9. The van der Waals surface area contributed by atoms with Gasteiger partial charge in [0.25, 0.3) is 5.56 Å². The van der Waals surface area contributed by atoms with Crippen molar-refractivity contribution >= 4 is 43.9 Å². The number of nitrogens with zero attached hydrogens (tertiary/aromatic N) is 3. The number of thiazole rings is 1. The summed E-state index contributed by atoms with van der Waals surface area (Å²) in [7, 11) is 0. The molecule has 0 aliphatic carbocycles. The minimum absolute atomic E-state index is 0.0967. The van der Waals surface area contributed by atoms with Crippen LogP contribution in [-0.4, -0.2) is 20.4 Å². The van der Waals surface area contributed by atoms with Gasteiger partial charge in [0.1, 0.15) is 4.83 Å². The second-order valence-corrected chi connectivity index (χ2v) is 8.97. The summed E-state index contributed by atoms with van der Waals surface area (Å²) in [6.45, 7) is 6.23. The number of thiophene rings is 1. The molecule has 0 saturated heterocycles. The normalized spacial score (nSPS) is 11.1. The van der Waals surface area contributed by atoms with Crippen molar-refractivity contribution in [2.75, 3.05) is 5.32 Å². The number of carbonyl (C=O) groups is 1. The number of carbonyl (C=O) groups excluding carboxylic acids is 1. The van der Waals surface area contributed by atoms with Crippen molar-refractivity contribution in [1.29, 1.82) is 0 Å². The zero-order valence-electron chi connectivity index (χ0n) is 16.4. The van der Waals surface area contributed by atoms with Crippen molar-refractivity contribution in [3.05, 3.63) is 62.3 Å². The Bertz CT molecular complexity index is 1250. The summed E-state index contributed by atoms with van der Waals surface area (Å²) in [6.07, 6.45) is 1.70. The zero-order valence-corrected chi connectivity index (χ0v) is 18.0. The van der Waals surface area contributed by atoms with E-state index in [0.29, 0.717) is 10.5 Å². The first-order chi connectivity index (χ1) is 13.9. The second kappa shape index (κ2) is 7.88. The van der Waals surface area contributed by atoms with Gasteiger partial charge in [-0.05, 0) is 26.3 Å². The minimum atomic E-state index is -0.181. The number of amides is 1. The van der Waals surface area contributed by atoms with Gasteiger partial charge in [0.15, 0.2) is 5.13 Å². The largest absolute Gasteiger partial charge is 0.302 e. The average molecular weight is 425 g/mol.